The maximum Gasteiger partial charge on any atom is 0.343 e. The molecule has 0 spiro atoms. The molecule has 0 fully saturated rings. The Balaban J connectivity index is 1.50. The number of phenols is 1. The van der Waals surface area contributed by atoms with Gasteiger partial charge in [-0.2, -0.15) is 0 Å². The third-order valence-electron chi connectivity index (χ3n) is 9.44. The lowest BCUT2D eigenvalue weighted by atomic mass is 10.0. The fourth-order valence-corrected chi connectivity index (χ4v) is 6.24. The van der Waals surface area contributed by atoms with Gasteiger partial charge in [0.05, 0.1) is 12.2 Å². The molecule has 0 radical (unpaired) electrons. The van der Waals surface area contributed by atoms with Gasteiger partial charge >= 0.3 is 5.97 Å². The van der Waals surface area contributed by atoms with E-state index in [0.29, 0.717) is 23.5 Å². The van der Waals surface area contributed by atoms with Crippen molar-refractivity contribution in [3.63, 3.8) is 0 Å². The molecular formula is C44H71NO4. The third-order valence-corrected chi connectivity index (χ3v) is 9.44. The second kappa shape index (κ2) is 30.0. The summed E-state index contributed by atoms with van der Waals surface area (Å²) in [7, 11) is 0. The van der Waals surface area contributed by atoms with Crippen LogP contribution >= 0.6 is 0 Å². The van der Waals surface area contributed by atoms with Crippen LogP contribution in [0.1, 0.15) is 197 Å². The van der Waals surface area contributed by atoms with Gasteiger partial charge in [0.25, 0.3) is 0 Å². The molecular weight excluding hydrogens is 606 g/mol. The number of esters is 1. The molecule has 1 N–H and O–H groups in total. The molecule has 2 aromatic carbocycles. The summed E-state index contributed by atoms with van der Waals surface area (Å²) in [5, 5.41) is 10.5. The highest BCUT2D eigenvalue weighted by atomic mass is 16.5. The maximum absolute atomic E-state index is 12.7. The molecule has 0 heterocycles. The summed E-state index contributed by atoms with van der Waals surface area (Å²) in [4.78, 5) is 17.2. The highest BCUT2D eigenvalue weighted by Crippen LogP contribution is 2.24. The number of hydrogen-bond donors (Lipinski definition) is 1. The van der Waals surface area contributed by atoms with Crippen LogP contribution in [0, 0.1) is 0 Å². The zero-order valence-corrected chi connectivity index (χ0v) is 31.5. The molecule has 5 heteroatoms. The molecule has 0 saturated carbocycles. The Morgan fingerprint density at radius 2 is 1.00 bits per heavy atom. The number of aliphatic imine (C=N–C) groups is 1. The largest absolute Gasteiger partial charge is 0.507 e. The smallest absolute Gasteiger partial charge is 0.343 e. The van der Waals surface area contributed by atoms with E-state index in [9.17, 15) is 9.90 Å². The summed E-state index contributed by atoms with van der Waals surface area (Å²) in [6, 6.07) is 12.0. The number of benzene rings is 2. The molecule has 0 unspecified atom stereocenters. The molecule has 0 aliphatic heterocycles. The van der Waals surface area contributed by atoms with Crippen molar-refractivity contribution >= 4 is 12.2 Å². The average molecular weight is 678 g/mol. The van der Waals surface area contributed by atoms with E-state index in [4.69, 9.17) is 9.47 Å². The standard InChI is InChI=1S/C44H71NO4/c1-3-5-7-9-11-13-15-16-17-18-19-20-21-23-25-27-35-45-38-40-31-34-42(37-43(40)46)49-44(47)39-29-32-41(33-30-39)48-36-28-26-24-22-14-12-10-8-6-4-2/h29-34,37-38,46H,3-28,35-36H2,1-2H3. The lowest BCUT2D eigenvalue weighted by molar-refractivity contribution is 0.0734. The van der Waals surface area contributed by atoms with E-state index in [1.807, 2.05) is 12.1 Å². The minimum atomic E-state index is -0.467. The van der Waals surface area contributed by atoms with Crippen molar-refractivity contribution in [2.75, 3.05) is 13.2 Å². The number of hydrogen-bond acceptors (Lipinski definition) is 5. The first-order valence-corrected chi connectivity index (χ1v) is 20.4. The fourth-order valence-electron chi connectivity index (χ4n) is 6.24. The Morgan fingerprint density at radius 1 is 0.571 bits per heavy atom. The maximum atomic E-state index is 12.7. The topological polar surface area (TPSA) is 68.1 Å². The van der Waals surface area contributed by atoms with Gasteiger partial charge in [-0.3, -0.25) is 4.99 Å². The Labute approximate surface area is 300 Å². The molecule has 2 aromatic rings. The van der Waals surface area contributed by atoms with Gasteiger partial charge in [0.1, 0.15) is 17.2 Å². The molecule has 276 valence electrons. The van der Waals surface area contributed by atoms with Crippen LogP contribution in [0.2, 0.25) is 0 Å². The summed E-state index contributed by atoms with van der Waals surface area (Å²) >= 11 is 0. The summed E-state index contributed by atoms with van der Waals surface area (Å²) in [6.07, 6.45) is 36.4. The van der Waals surface area contributed by atoms with Gasteiger partial charge < -0.3 is 14.6 Å². The first kappa shape index (κ1) is 42.3. The quantitative estimate of drug-likeness (QED) is 0.0362. The highest BCUT2D eigenvalue weighted by molar-refractivity contribution is 5.91. The van der Waals surface area contributed by atoms with E-state index in [2.05, 4.69) is 18.8 Å². The normalized spacial score (nSPS) is 11.4. The number of carbonyl (C=O) groups excluding carboxylic acids is 1. The van der Waals surface area contributed by atoms with Crippen LogP contribution in [0.15, 0.2) is 47.5 Å². The number of ether oxygens (including phenoxy) is 2. The minimum Gasteiger partial charge on any atom is -0.507 e. The van der Waals surface area contributed by atoms with E-state index in [1.54, 1.807) is 30.5 Å². The van der Waals surface area contributed by atoms with Crippen LogP contribution in [-0.4, -0.2) is 30.4 Å². The first-order valence-electron chi connectivity index (χ1n) is 20.4. The van der Waals surface area contributed by atoms with Crippen molar-refractivity contribution in [3.05, 3.63) is 53.6 Å². The van der Waals surface area contributed by atoms with Crippen molar-refractivity contribution in [1.29, 1.82) is 0 Å². The summed E-state index contributed by atoms with van der Waals surface area (Å²) in [5.41, 5.74) is 1.07. The molecule has 0 bridgehead atoms. The Kier molecular flexibility index (Phi) is 26.0. The van der Waals surface area contributed by atoms with Gasteiger partial charge in [0.15, 0.2) is 0 Å². The van der Waals surface area contributed by atoms with Crippen molar-refractivity contribution in [2.24, 2.45) is 4.99 Å². The van der Waals surface area contributed by atoms with E-state index in [0.717, 1.165) is 25.1 Å². The zero-order chi connectivity index (χ0) is 35.0. The van der Waals surface area contributed by atoms with Gasteiger partial charge in [-0.25, -0.2) is 4.79 Å². The van der Waals surface area contributed by atoms with Crippen LogP contribution in [0.5, 0.6) is 17.2 Å². The number of rotatable bonds is 32. The Morgan fingerprint density at radius 3 is 1.47 bits per heavy atom. The molecule has 0 saturated heterocycles. The molecule has 0 aliphatic carbocycles. The molecule has 0 atom stereocenters. The van der Waals surface area contributed by atoms with Gasteiger partial charge in [-0.15, -0.1) is 0 Å². The van der Waals surface area contributed by atoms with Crippen LogP contribution in [-0.2, 0) is 0 Å². The highest BCUT2D eigenvalue weighted by Gasteiger charge is 2.11. The molecule has 0 amide bonds. The number of aromatic hydroxyl groups is 1. The van der Waals surface area contributed by atoms with E-state index >= 15 is 0 Å². The lowest BCUT2D eigenvalue weighted by Crippen LogP contribution is -2.08. The molecule has 0 aliphatic rings. The monoisotopic (exact) mass is 678 g/mol. The second-order valence-corrected chi connectivity index (χ2v) is 14.0. The lowest BCUT2D eigenvalue weighted by Gasteiger charge is -2.08. The van der Waals surface area contributed by atoms with Crippen molar-refractivity contribution < 1.29 is 19.4 Å². The van der Waals surface area contributed by atoms with E-state index in [-0.39, 0.29) is 5.75 Å². The van der Waals surface area contributed by atoms with E-state index < -0.39 is 5.97 Å². The number of nitrogens with zero attached hydrogens (tertiary/aromatic N) is 1. The predicted molar refractivity (Wildman–Crippen MR) is 209 cm³/mol. The molecule has 0 aromatic heterocycles. The van der Waals surface area contributed by atoms with Gasteiger partial charge in [-0.05, 0) is 49.2 Å². The van der Waals surface area contributed by atoms with Gasteiger partial charge in [0, 0.05) is 24.4 Å². The zero-order valence-electron chi connectivity index (χ0n) is 31.5. The van der Waals surface area contributed by atoms with Crippen LogP contribution < -0.4 is 9.47 Å². The summed E-state index contributed by atoms with van der Waals surface area (Å²) in [6.45, 7) is 5.99. The van der Waals surface area contributed by atoms with Crippen LogP contribution in [0.3, 0.4) is 0 Å². The van der Waals surface area contributed by atoms with Crippen molar-refractivity contribution in [2.45, 2.75) is 181 Å². The number of carbonyl (C=O) groups is 1. The summed E-state index contributed by atoms with van der Waals surface area (Å²) < 4.78 is 11.4. The third kappa shape index (κ3) is 22.5. The first-order chi connectivity index (χ1) is 24.1. The van der Waals surface area contributed by atoms with Crippen molar-refractivity contribution in [3.8, 4) is 17.2 Å². The van der Waals surface area contributed by atoms with Gasteiger partial charge in [-0.1, -0.05) is 168 Å². The molecule has 2 rings (SSSR count). The number of unbranched alkanes of at least 4 members (excludes halogenated alkanes) is 24. The molecule has 49 heavy (non-hydrogen) atoms. The second-order valence-electron chi connectivity index (χ2n) is 14.0. The summed E-state index contributed by atoms with van der Waals surface area (Å²) in [5.74, 6) is 0.648. The average Bonchev–Trinajstić information content (AvgIpc) is 3.11. The Hall–Kier alpha value is -2.82. The minimum absolute atomic E-state index is 0.0525. The number of phenolic OH excluding ortho intramolecular Hbond substituents is 1. The van der Waals surface area contributed by atoms with Crippen LogP contribution in [0.25, 0.3) is 0 Å². The fraction of sp³-hybridized carbons (Fsp3) is 0.682. The molecule has 5 nitrogen and oxygen atoms in total. The Bertz CT molecular complexity index is 1100. The predicted octanol–water partition coefficient (Wildman–Crippen LogP) is 13.6. The van der Waals surface area contributed by atoms with Crippen molar-refractivity contribution in [1.82, 2.24) is 0 Å². The van der Waals surface area contributed by atoms with Crippen LogP contribution in [0.4, 0.5) is 0 Å². The van der Waals surface area contributed by atoms with Gasteiger partial charge in [0.2, 0.25) is 0 Å². The SMILES string of the molecule is CCCCCCCCCCCCCCCCCCN=Cc1ccc(OC(=O)c2ccc(OCCCCCCCCCCCC)cc2)cc1O. The van der Waals surface area contributed by atoms with E-state index in [1.165, 1.54) is 160 Å².